The molecule has 19 heavy (non-hydrogen) atoms. The van der Waals surface area contributed by atoms with E-state index in [2.05, 4.69) is 20.2 Å². The van der Waals surface area contributed by atoms with E-state index in [9.17, 15) is 8.42 Å². The molecule has 8 heteroatoms. The van der Waals surface area contributed by atoms with Crippen LogP contribution in [0.5, 0.6) is 0 Å². The van der Waals surface area contributed by atoms with E-state index in [1.54, 1.807) is 26.1 Å². The van der Waals surface area contributed by atoms with Crippen molar-refractivity contribution in [1.82, 2.24) is 14.9 Å². The molecule has 0 saturated carbocycles. The van der Waals surface area contributed by atoms with E-state index < -0.39 is 10.0 Å². The third-order valence-electron chi connectivity index (χ3n) is 2.41. The quantitative estimate of drug-likeness (QED) is 0.845. The highest BCUT2D eigenvalue weighted by Crippen LogP contribution is 2.17. The van der Waals surface area contributed by atoms with Gasteiger partial charge >= 0.3 is 0 Å². The molecule has 2 heterocycles. The SMILES string of the molecule is CNc1ncccc1S(=O)(=O)NCc1cc(C)no1. The summed E-state index contributed by atoms with van der Waals surface area (Å²) in [6.45, 7) is 1.81. The molecule has 0 aliphatic heterocycles. The van der Waals surface area contributed by atoms with E-state index in [1.807, 2.05) is 0 Å². The van der Waals surface area contributed by atoms with Gasteiger partial charge in [-0.1, -0.05) is 5.16 Å². The van der Waals surface area contributed by atoms with Crippen molar-refractivity contribution in [2.45, 2.75) is 18.4 Å². The molecule has 0 unspecified atom stereocenters. The topological polar surface area (TPSA) is 97.1 Å². The molecule has 0 aromatic carbocycles. The first-order valence-electron chi connectivity index (χ1n) is 5.57. The molecular weight excluding hydrogens is 268 g/mol. The second kappa shape index (κ2) is 5.37. The van der Waals surface area contributed by atoms with E-state index in [4.69, 9.17) is 4.52 Å². The number of anilines is 1. The lowest BCUT2D eigenvalue weighted by atomic mass is 10.4. The lowest BCUT2D eigenvalue weighted by molar-refractivity contribution is 0.377. The van der Waals surface area contributed by atoms with Gasteiger partial charge in [0, 0.05) is 19.3 Å². The molecule has 0 amide bonds. The molecule has 0 saturated heterocycles. The number of hydrogen-bond acceptors (Lipinski definition) is 6. The van der Waals surface area contributed by atoms with Crippen LogP contribution in [0.2, 0.25) is 0 Å². The van der Waals surface area contributed by atoms with Gasteiger partial charge in [0.2, 0.25) is 10.0 Å². The van der Waals surface area contributed by atoms with Crippen LogP contribution in [0.1, 0.15) is 11.5 Å². The van der Waals surface area contributed by atoms with Crippen LogP contribution < -0.4 is 10.0 Å². The molecule has 2 aromatic heterocycles. The first kappa shape index (κ1) is 13.5. The standard InChI is InChI=1S/C11H14N4O3S/c1-8-6-9(18-15-8)7-14-19(16,17)10-4-3-5-13-11(10)12-2/h3-6,14H,7H2,1-2H3,(H,12,13). The molecule has 102 valence electrons. The fourth-order valence-corrected chi connectivity index (χ4v) is 2.69. The summed E-state index contributed by atoms with van der Waals surface area (Å²) in [4.78, 5) is 4.05. The van der Waals surface area contributed by atoms with Crippen molar-refractivity contribution >= 4 is 15.8 Å². The van der Waals surface area contributed by atoms with Crippen molar-refractivity contribution in [3.05, 3.63) is 35.9 Å². The highest BCUT2D eigenvalue weighted by atomic mass is 32.2. The third kappa shape index (κ3) is 3.09. The lowest BCUT2D eigenvalue weighted by Gasteiger charge is -2.08. The largest absolute Gasteiger partial charge is 0.372 e. The summed E-state index contributed by atoms with van der Waals surface area (Å²) < 4.78 is 31.7. The second-order valence-corrected chi connectivity index (χ2v) is 5.59. The van der Waals surface area contributed by atoms with Crippen LogP contribution in [-0.4, -0.2) is 25.6 Å². The first-order valence-corrected chi connectivity index (χ1v) is 7.06. The Morgan fingerprint density at radius 3 is 2.84 bits per heavy atom. The van der Waals surface area contributed by atoms with Gasteiger partial charge in [-0.05, 0) is 19.1 Å². The minimum absolute atomic E-state index is 0.0429. The maximum Gasteiger partial charge on any atom is 0.244 e. The predicted octanol–water partition coefficient (Wildman–Crippen LogP) is 0.898. The van der Waals surface area contributed by atoms with E-state index in [-0.39, 0.29) is 11.4 Å². The Bertz CT molecular complexity index is 666. The maximum absolute atomic E-state index is 12.1. The third-order valence-corrected chi connectivity index (χ3v) is 3.84. The summed E-state index contributed by atoms with van der Waals surface area (Å²) in [5, 5.41) is 6.43. The monoisotopic (exact) mass is 282 g/mol. The van der Waals surface area contributed by atoms with Crippen LogP contribution >= 0.6 is 0 Å². The van der Waals surface area contributed by atoms with E-state index in [1.165, 1.54) is 12.3 Å². The summed E-state index contributed by atoms with van der Waals surface area (Å²) in [7, 11) is -2.04. The van der Waals surface area contributed by atoms with Gasteiger partial charge < -0.3 is 9.84 Å². The smallest absolute Gasteiger partial charge is 0.244 e. The normalized spacial score (nSPS) is 11.5. The number of aryl methyl sites for hydroxylation is 1. The molecule has 0 aliphatic rings. The van der Waals surface area contributed by atoms with Crippen molar-refractivity contribution in [1.29, 1.82) is 0 Å². The summed E-state index contributed by atoms with van der Waals surface area (Å²) in [5.74, 6) is 0.750. The highest BCUT2D eigenvalue weighted by molar-refractivity contribution is 7.89. The first-order chi connectivity index (χ1) is 9.03. The fraction of sp³-hybridized carbons (Fsp3) is 0.273. The highest BCUT2D eigenvalue weighted by Gasteiger charge is 2.19. The molecule has 7 nitrogen and oxygen atoms in total. The van der Waals surface area contributed by atoms with Crippen LogP contribution in [0.3, 0.4) is 0 Å². The Morgan fingerprint density at radius 1 is 1.42 bits per heavy atom. The van der Waals surface area contributed by atoms with Gasteiger partial charge in [0.25, 0.3) is 0 Å². The number of aromatic nitrogens is 2. The van der Waals surface area contributed by atoms with Crippen molar-refractivity contribution < 1.29 is 12.9 Å². The summed E-state index contributed by atoms with van der Waals surface area (Å²) in [5.41, 5.74) is 0.700. The zero-order valence-corrected chi connectivity index (χ0v) is 11.4. The van der Waals surface area contributed by atoms with Gasteiger partial charge in [0.15, 0.2) is 5.76 Å². The molecule has 2 aromatic rings. The molecule has 0 radical (unpaired) electrons. The van der Waals surface area contributed by atoms with Crippen LogP contribution in [0.15, 0.2) is 33.8 Å². The Balaban J connectivity index is 2.18. The Kier molecular flexibility index (Phi) is 3.82. The summed E-state index contributed by atoms with van der Waals surface area (Å²) >= 11 is 0. The van der Waals surface area contributed by atoms with Crippen molar-refractivity contribution in [2.75, 3.05) is 12.4 Å². The van der Waals surface area contributed by atoms with Crippen LogP contribution in [0.4, 0.5) is 5.82 Å². The van der Waals surface area contributed by atoms with Gasteiger partial charge in [-0.3, -0.25) is 0 Å². The van der Waals surface area contributed by atoms with Gasteiger partial charge in [0.05, 0.1) is 12.2 Å². The van der Waals surface area contributed by atoms with Crippen molar-refractivity contribution in [3.8, 4) is 0 Å². The zero-order chi connectivity index (χ0) is 13.9. The fourth-order valence-electron chi connectivity index (χ4n) is 1.54. The Labute approximate surface area is 111 Å². The molecule has 0 atom stereocenters. The van der Waals surface area contributed by atoms with Gasteiger partial charge in [0.1, 0.15) is 10.7 Å². The van der Waals surface area contributed by atoms with Crippen molar-refractivity contribution in [2.24, 2.45) is 0 Å². The van der Waals surface area contributed by atoms with E-state index in [0.717, 1.165) is 0 Å². The summed E-state index contributed by atoms with van der Waals surface area (Å²) in [6, 6.07) is 4.71. The number of nitrogens with one attached hydrogen (secondary N) is 2. The van der Waals surface area contributed by atoms with Gasteiger partial charge in [-0.15, -0.1) is 0 Å². The average Bonchev–Trinajstić information content (AvgIpc) is 2.82. The number of nitrogens with zero attached hydrogens (tertiary/aromatic N) is 2. The van der Waals surface area contributed by atoms with E-state index >= 15 is 0 Å². The Hall–Kier alpha value is -1.93. The van der Waals surface area contributed by atoms with E-state index in [0.29, 0.717) is 17.3 Å². The molecule has 0 fully saturated rings. The number of sulfonamides is 1. The minimum Gasteiger partial charge on any atom is -0.372 e. The molecular formula is C11H14N4O3S. The number of hydrogen-bond donors (Lipinski definition) is 2. The minimum atomic E-state index is -3.65. The van der Waals surface area contributed by atoms with Crippen LogP contribution in [0.25, 0.3) is 0 Å². The summed E-state index contributed by atoms with van der Waals surface area (Å²) in [6.07, 6.45) is 1.52. The molecule has 2 N–H and O–H groups in total. The molecule has 0 bridgehead atoms. The van der Waals surface area contributed by atoms with Crippen LogP contribution in [0, 0.1) is 6.92 Å². The predicted molar refractivity (Wildman–Crippen MR) is 69.0 cm³/mol. The van der Waals surface area contributed by atoms with Gasteiger partial charge in [-0.25, -0.2) is 18.1 Å². The maximum atomic E-state index is 12.1. The second-order valence-electron chi connectivity index (χ2n) is 3.86. The molecule has 0 spiro atoms. The number of rotatable bonds is 5. The number of pyridine rings is 1. The Morgan fingerprint density at radius 2 is 2.21 bits per heavy atom. The average molecular weight is 282 g/mol. The zero-order valence-electron chi connectivity index (χ0n) is 10.5. The molecule has 2 rings (SSSR count). The lowest BCUT2D eigenvalue weighted by Crippen LogP contribution is -2.24. The van der Waals surface area contributed by atoms with Crippen molar-refractivity contribution in [3.63, 3.8) is 0 Å². The molecule has 0 aliphatic carbocycles. The van der Waals surface area contributed by atoms with Crippen LogP contribution in [-0.2, 0) is 16.6 Å². The van der Waals surface area contributed by atoms with Gasteiger partial charge in [-0.2, -0.15) is 0 Å².